The van der Waals surface area contributed by atoms with Gasteiger partial charge in [0.15, 0.2) is 0 Å². The highest BCUT2D eigenvalue weighted by molar-refractivity contribution is 7.80. The first-order valence-electron chi connectivity index (χ1n) is 6.89. The smallest absolute Gasteiger partial charge is 0.134 e. The minimum Gasteiger partial charge on any atom is -0.389 e. The molecule has 0 unspecified atom stereocenters. The molecule has 19 heavy (non-hydrogen) atoms. The Balaban J connectivity index is 1.93. The molecule has 2 rings (SSSR count). The van der Waals surface area contributed by atoms with Crippen LogP contribution in [0.5, 0.6) is 0 Å². The van der Waals surface area contributed by atoms with E-state index in [2.05, 4.69) is 15.3 Å². The van der Waals surface area contributed by atoms with E-state index >= 15 is 0 Å². The van der Waals surface area contributed by atoms with Crippen LogP contribution in [0.3, 0.4) is 0 Å². The lowest BCUT2D eigenvalue weighted by Gasteiger charge is -2.26. The number of nitrogens with two attached hydrogens (primary N) is 1. The van der Waals surface area contributed by atoms with Gasteiger partial charge >= 0.3 is 0 Å². The highest BCUT2D eigenvalue weighted by atomic mass is 32.1. The van der Waals surface area contributed by atoms with E-state index in [1.165, 1.54) is 32.4 Å². The number of piperidine rings is 1. The summed E-state index contributed by atoms with van der Waals surface area (Å²) in [4.78, 5) is 2.91. The summed E-state index contributed by atoms with van der Waals surface area (Å²) >= 11 is 5.10. The number of rotatable bonds is 5. The van der Waals surface area contributed by atoms with Gasteiger partial charge in [-0.3, -0.25) is 4.68 Å². The zero-order valence-corrected chi connectivity index (χ0v) is 12.6. The number of anilines is 1. The van der Waals surface area contributed by atoms with Crippen molar-refractivity contribution in [2.24, 2.45) is 12.8 Å². The van der Waals surface area contributed by atoms with Gasteiger partial charge in [0.1, 0.15) is 10.8 Å². The molecule has 6 heteroatoms. The maximum atomic E-state index is 5.77. The van der Waals surface area contributed by atoms with E-state index in [0.717, 1.165) is 30.2 Å². The fraction of sp³-hybridized carbons (Fsp3) is 0.692. The van der Waals surface area contributed by atoms with Gasteiger partial charge in [0.2, 0.25) is 0 Å². The largest absolute Gasteiger partial charge is 0.389 e. The predicted octanol–water partition coefficient (Wildman–Crippen LogP) is 1.26. The lowest BCUT2D eigenvalue weighted by Crippen LogP contribution is -2.34. The molecule has 0 spiro atoms. The minimum atomic E-state index is 0.408. The molecular formula is C13H23N5S. The van der Waals surface area contributed by atoms with Gasteiger partial charge in [0.25, 0.3) is 0 Å². The summed E-state index contributed by atoms with van der Waals surface area (Å²) < 4.78 is 1.82. The summed E-state index contributed by atoms with van der Waals surface area (Å²) in [5.41, 5.74) is 7.53. The molecule has 1 saturated heterocycles. The fourth-order valence-electron chi connectivity index (χ4n) is 2.67. The quantitative estimate of drug-likeness (QED) is 0.796. The van der Waals surface area contributed by atoms with Gasteiger partial charge in [-0.15, -0.1) is 0 Å². The number of likely N-dealkylation sites (tertiary alicyclic amines) is 1. The summed E-state index contributed by atoms with van der Waals surface area (Å²) in [5, 5.41) is 7.79. The van der Waals surface area contributed by atoms with Crippen LogP contribution >= 0.6 is 12.2 Å². The molecule has 106 valence electrons. The monoisotopic (exact) mass is 281 g/mol. The normalized spacial score (nSPS) is 16.5. The molecule has 3 N–H and O–H groups in total. The third-order valence-electron chi connectivity index (χ3n) is 3.64. The second-order valence-electron chi connectivity index (χ2n) is 5.13. The number of hydrogen-bond donors (Lipinski definition) is 2. The Morgan fingerprint density at radius 3 is 2.68 bits per heavy atom. The molecule has 1 aromatic heterocycles. The second-order valence-corrected chi connectivity index (χ2v) is 5.57. The van der Waals surface area contributed by atoms with Crippen molar-refractivity contribution in [1.29, 1.82) is 0 Å². The van der Waals surface area contributed by atoms with Crippen molar-refractivity contribution in [3.05, 3.63) is 11.3 Å². The molecule has 0 atom stereocenters. The van der Waals surface area contributed by atoms with Crippen molar-refractivity contribution in [2.45, 2.75) is 26.2 Å². The van der Waals surface area contributed by atoms with Crippen molar-refractivity contribution in [2.75, 3.05) is 31.5 Å². The molecule has 0 bridgehead atoms. The van der Waals surface area contributed by atoms with Crippen LogP contribution < -0.4 is 11.1 Å². The van der Waals surface area contributed by atoms with E-state index in [0.29, 0.717) is 4.99 Å². The number of nitrogens with one attached hydrogen (secondary N) is 1. The van der Waals surface area contributed by atoms with Crippen LogP contribution in [0.25, 0.3) is 0 Å². The van der Waals surface area contributed by atoms with Crippen molar-refractivity contribution in [3.8, 4) is 0 Å². The van der Waals surface area contributed by atoms with Crippen molar-refractivity contribution >= 4 is 23.0 Å². The summed E-state index contributed by atoms with van der Waals surface area (Å²) in [5.74, 6) is 0.932. The number of thiocarbonyl (C=S) groups is 1. The first kappa shape index (κ1) is 14.3. The van der Waals surface area contributed by atoms with Gasteiger partial charge in [-0.05, 0) is 32.9 Å². The van der Waals surface area contributed by atoms with Crippen molar-refractivity contribution in [1.82, 2.24) is 14.7 Å². The molecule has 1 fully saturated rings. The summed E-state index contributed by atoms with van der Waals surface area (Å²) in [6.45, 7) is 6.32. The van der Waals surface area contributed by atoms with Gasteiger partial charge in [0.05, 0.1) is 11.3 Å². The summed E-state index contributed by atoms with van der Waals surface area (Å²) in [7, 11) is 1.91. The van der Waals surface area contributed by atoms with E-state index in [9.17, 15) is 0 Å². The minimum absolute atomic E-state index is 0.408. The molecule has 0 saturated carbocycles. The lowest BCUT2D eigenvalue weighted by molar-refractivity contribution is 0.237. The Morgan fingerprint density at radius 1 is 1.37 bits per heavy atom. The molecule has 5 nitrogen and oxygen atoms in total. The van der Waals surface area contributed by atoms with Gasteiger partial charge in [-0.2, -0.15) is 5.10 Å². The zero-order chi connectivity index (χ0) is 13.8. The van der Waals surface area contributed by atoms with Crippen LogP contribution in [0, 0.1) is 6.92 Å². The second kappa shape index (κ2) is 6.34. The van der Waals surface area contributed by atoms with Gasteiger partial charge < -0.3 is 16.0 Å². The zero-order valence-electron chi connectivity index (χ0n) is 11.8. The Labute approximate surface area is 120 Å². The fourth-order valence-corrected chi connectivity index (χ4v) is 2.92. The van der Waals surface area contributed by atoms with Gasteiger partial charge in [-0.25, -0.2) is 0 Å². The molecule has 0 amide bonds. The highest BCUT2D eigenvalue weighted by Crippen LogP contribution is 2.18. The Morgan fingerprint density at radius 2 is 2.05 bits per heavy atom. The van der Waals surface area contributed by atoms with E-state index in [4.69, 9.17) is 18.0 Å². The van der Waals surface area contributed by atoms with Crippen LogP contribution in [0.2, 0.25) is 0 Å². The van der Waals surface area contributed by atoms with Crippen molar-refractivity contribution in [3.63, 3.8) is 0 Å². The van der Waals surface area contributed by atoms with Gasteiger partial charge in [-0.1, -0.05) is 18.6 Å². The standard InChI is InChI=1S/C13H23N5S/c1-10-11(12(14)19)13(17(2)16-10)15-6-9-18-7-4-3-5-8-18/h15H,3-9H2,1-2H3,(H2,14,19). The number of aryl methyl sites for hydroxylation is 2. The van der Waals surface area contributed by atoms with E-state index in [1.807, 2.05) is 18.7 Å². The van der Waals surface area contributed by atoms with Crippen LogP contribution in [-0.4, -0.2) is 45.8 Å². The predicted molar refractivity (Wildman–Crippen MR) is 82.6 cm³/mol. The molecule has 1 aromatic rings. The molecule has 0 radical (unpaired) electrons. The number of aromatic nitrogens is 2. The van der Waals surface area contributed by atoms with E-state index < -0.39 is 0 Å². The molecule has 0 aliphatic carbocycles. The Kier molecular flexibility index (Phi) is 4.76. The van der Waals surface area contributed by atoms with Crippen LogP contribution in [0.4, 0.5) is 5.82 Å². The maximum Gasteiger partial charge on any atom is 0.134 e. The molecule has 0 aromatic carbocycles. The SMILES string of the molecule is Cc1nn(C)c(NCCN2CCCCC2)c1C(N)=S. The summed E-state index contributed by atoms with van der Waals surface area (Å²) in [6, 6.07) is 0. The van der Waals surface area contributed by atoms with E-state index in [1.54, 1.807) is 0 Å². The molecular weight excluding hydrogens is 258 g/mol. The first-order chi connectivity index (χ1) is 9.09. The van der Waals surface area contributed by atoms with Crippen LogP contribution in [0.15, 0.2) is 0 Å². The van der Waals surface area contributed by atoms with E-state index in [-0.39, 0.29) is 0 Å². The average Bonchev–Trinajstić information content (AvgIpc) is 2.65. The van der Waals surface area contributed by atoms with Crippen molar-refractivity contribution < 1.29 is 0 Å². The third kappa shape index (κ3) is 3.45. The Bertz CT molecular complexity index is 448. The molecule has 2 heterocycles. The summed E-state index contributed by atoms with van der Waals surface area (Å²) in [6.07, 6.45) is 4.02. The highest BCUT2D eigenvalue weighted by Gasteiger charge is 2.15. The molecule has 1 aliphatic heterocycles. The maximum absolute atomic E-state index is 5.77. The lowest BCUT2D eigenvalue weighted by atomic mass is 10.1. The first-order valence-corrected chi connectivity index (χ1v) is 7.30. The van der Waals surface area contributed by atoms with Crippen LogP contribution in [-0.2, 0) is 7.05 Å². The average molecular weight is 281 g/mol. The topological polar surface area (TPSA) is 59.1 Å². The number of nitrogens with zero attached hydrogens (tertiary/aromatic N) is 3. The van der Waals surface area contributed by atoms with Crippen LogP contribution in [0.1, 0.15) is 30.5 Å². The third-order valence-corrected chi connectivity index (χ3v) is 3.84. The van der Waals surface area contributed by atoms with Gasteiger partial charge in [0, 0.05) is 20.1 Å². The Hall–Kier alpha value is -1.14. The number of hydrogen-bond acceptors (Lipinski definition) is 4. The molecule has 1 aliphatic rings.